The van der Waals surface area contributed by atoms with E-state index in [1.54, 1.807) is 6.07 Å². The lowest BCUT2D eigenvalue weighted by molar-refractivity contribution is 0.0698. The maximum atomic E-state index is 11.1. The maximum Gasteiger partial charge on any atom is 0.337 e. The molecule has 98 valence electrons. The van der Waals surface area contributed by atoms with Crippen LogP contribution in [-0.2, 0) is 0 Å². The summed E-state index contributed by atoms with van der Waals surface area (Å²) in [5.41, 5.74) is 8.70. The van der Waals surface area contributed by atoms with Gasteiger partial charge in [0.05, 0.1) is 11.3 Å². The summed E-state index contributed by atoms with van der Waals surface area (Å²) < 4.78 is 0. The average Bonchev–Trinajstić information content (AvgIpc) is 2.36. The van der Waals surface area contributed by atoms with Crippen molar-refractivity contribution in [3.05, 3.63) is 53.1 Å². The van der Waals surface area contributed by atoms with E-state index in [-0.39, 0.29) is 5.56 Å². The lowest BCUT2D eigenvalue weighted by Gasteiger charge is -2.10. The van der Waals surface area contributed by atoms with Gasteiger partial charge in [-0.15, -0.1) is 0 Å². The average molecular weight is 273 g/mol. The van der Waals surface area contributed by atoms with Gasteiger partial charge in [0.2, 0.25) is 0 Å². The normalized spacial score (nSPS) is 10.4. The summed E-state index contributed by atoms with van der Waals surface area (Å²) in [6.07, 6.45) is 0. The van der Waals surface area contributed by atoms with E-state index in [0.717, 1.165) is 15.4 Å². The zero-order chi connectivity index (χ0) is 14.0. The van der Waals surface area contributed by atoms with Gasteiger partial charge in [0.1, 0.15) is 0 Å². The van der Waals surface area contributed by atoms with E-state index in [9.17, 15) is 4.79 Å². The van der Waals surface area contributed by atoms with Gasteiger partial charge in [0, 0.05) is 9.79 Å². The Hall–Kier alpha value is -1.94. The van der Waals surface area contributed by atoms with E-state index in [1.807, 2.05) is 19.9 Å². The Labute approximate surface area is 116 Å². The van der Waals surface area contributed by atoms with Crippen LogP contribution in [0.5, 0.6) is 0 Å². The molecule has 2 aromatic rings. The highest BCUT2D eigenvalue weighted by atomic mass is 32.2. The SMILES string of the molecule is Cc1ccc(C)c(Sc2cccc(C(=O)O)c2N)c1. The van der Waals surface area contributed by atoms with Crippen LogP contribution in [0.1, 0.15) is 21.5 Å². The lowest BCUT2D eigenvalue weighted by Crippen LogP contribution is -2.03. The quantitative estimate of drug-likeness (QED) is 0.836. The Morgan fingerprint density at radius 1 is 1.16 bits per heavy atom. The summed E-state index contributed by atoms with van der Waals surface area (Å²) in [6.45, 7) is 4.06. The number of benzene rings is 2. The van der Waals surface area contributed by atoms with Crippen LogP contribution in [0.15, 0.2) is 46.2 Å². The molecule has 0 bridgehead atoms. The predicted molar refractivity (Wildman–Crippen MR) is 77.9 cm³/mol. The van der Waals surface area contributed by atoms with Gasteiger partial charge < -0.3 is 10.8 Å². The number of aromatic carboxylic acids is 1. The predicted octanol–water partition coefficient (Wildman–Crippen LogP) is 3.74. The zero-order valence-electron chi connectivity index (χ0n) is 10.8. The first kappa shape index (κ1) is 13.5. The molecule has 19 heavy (non-hydrogen) atoms. The maximum absolute atomic E-state index is 11.1. The van der Waals surface area contributed by atoms with Crippen molar-refractivity contribution >= 4 is 23.4 Å². The van der Waals surface area contributed by atoms with Crippen LogP contribution in [0, 0.1) is 13.8 Å². The minimum atomic E-state index is -0.999. The van der Waals surface area contributed by atoms with E-state index in [1.165, 1.54) is 23.4 Å². The second-order valence-electron chi connectivity index (χ2n) is 4.39. The highest BCUT2D eigenvalue weighted by Crippen LogP contribution is 2.35. The standard InChI is InChI=1S/C15H15NO2S/c1-9-6-7-10(2)13(8-9)19-12-5-3-4-11(14(12)16)15(17)18/h3-8H,16H2,1-2H3,(H,17,18). The van der Waals surface area contributed by atoms with Gasteiger partial charge in [-0.2, -0.15) is 0 Å². The third-order valence-electron chi connectivity index (χ3n) is 2.86. The van der Waals surface area contributed by atoms with Crippen LogP contribution >= 0.6 is 11.8 Å². The number of aryl methyl sites for hydroxylation is 2. The second-order valence-corrected chi connectivity index (χ2v) is 5.48. The fourth-order valence-corrected chi connectivity index (χ4v) is 2.83. The van der Waals surface area contributed by atoms with Gasteiger partial charge in [-0.3, -0.25) is 0 Å². The fourth-order valence-electron chi connectivity index (χ4n) is 1.76. The number of rotatable bonds is 3. The minimum Gasteiger partial charge on any atom is -0.478 e. The number of carbonyl (C=O) groups is 1. The van der Waals surface area contributed by atoms with Gasteiger partial charge in [-0.1, -0.05) is 30.0 Å². The highest BCUT2D eigenvalue weighted by Gasteiger charge is 2.12. The minimum absolute atomic E-state index is 0.148. The molecule has 3 N–H and O–H groups in total. The largest absolute Gasteiger partial charge is 0.478 e. The van der Waals surface area contributed by atoms with Crippen molar-refractivity contribution in [2.45, 2.75) is 23.6 Å². The van der Waals surface area contributed by atoms with E-state index in [2.05, 4.69) is 18.2 Å². The number of para-hydroxylation sites is 1. The molecular weight excluding hydrogens is 258 g/mol. The van der Waals surface area contributed by atoms with Gasteiger partial charge >= 0.3 is 5.97 Å². The number of hydrogen-bond acceptors (Lipinski definition) is 3. The van der Waals surface area contributed by atoms with Gasteiger partial charge in [-0.25, -0.2) is 4.79 Å². The van der Waals surface area contributed by atoms with Crippen molar-refractivity contribution in [1.29, 1.82) is 0 Å². The first-order valence-corrected chi connectivity index (χ1v) is 6.67. The number of hydrogen-bond donors (Lipinski definition) is 2. The summed E-state index contributed by atoms with van der Waals surface area (Å²) in [7, 11) is 0. The van der Waals surface area contributed by atoms with Crippen LogP contribution in [0.2, 0.25) is 0 Å². The van der Waals surface area contributed by atoms with E-state index < -0.39 is 5.97 Å². The topological polar surface area (TPSA) is 63.3 Å². The van der Waals surface area contributed by atoms with Crippen LogP contribution in [-0.4, -0.2) is 11.1 Å². The Morgan fingerprint density at radius 3 is 2.58 bits per heavy atom. The number of nitrogens with two attached hydrogens (primary N) is 1. The third-order valence-corrected chi connectivity index (χ3v) is 4.10. The summed E-state index contributed by atoms with van der Waals surface area (Å²) in [4.78, 5) is 12.9. The third kappa shape index (κ3) is 2.90. The molecule has 4 heteroatoms. The lowest BCUT2D eigenvalue weighted by atomic mass is 10.2. The molecule has 0 aromatic heterocycles. The molecule has 0 heterocycles. The first-order valence-electron chi connectivity index (χ1n) is 5.86. The van der Waals surface area contributed by atoms with Crippen molar-refractivity contribution < 1.29 is 9.90 Å². The molecule has 0 saturated carbocycles. The number of carboxylic acids is 1. The Kier molecular flexibility index (Phi) is 3.81. The van der Waals surface area contributed by atoms with Gasteiger partial charge in [0.15, 0.2) is 0 Å². The summed E-state index contributed by atoms with van der Waals surface area (Å²) >= 11 is 1.50. The van der Waals surface area contributed by atoms with Gasteiger partial charge in [0.25, 0.3) is 0 Å². The van der Waals surface area contributed by atoms with Crippen molar-refractivity contribution in [3.8, 4) is 0 Å². The molecule has 0 fully saturated rings. The van der Waals surface area contributed by atoms with E-state index in [0.29, 0.717) is 5.69 Å². The number of carboxylic acid groups (broad SMARTS) is 1. The molecule has 2 rings (SSSR count). The first-order chi connectivity index (χ1) is 8.99. The summed E-state index contributed by atoms with van der Waals surface area (Å²) in [5, 5.41) is 9.07. The summed E-state index contributed by atoms with van der Waals surface area (Å²) in [6, 6.07) is 11.3. The Bertz CT molecular complexity index is 638. The van der Waals surface area contributed by atoms with Crippen molar-refractivity contribution in [1.82, 2.24) is 0 Å². The van der Waals surface area contributed by atoms with Crippen molar-refractivity contribution in [2.75, 3.05) is 5.73 Å². The highest BCUT2D eigenvalue weighted by molar-refractivity contribution is 7.99. The molecule has 0 unspecified atom stereocenters. The number of nitrogen functional groups attached to an aromatic ring is 1. The van der Waals surface area contributed by atoms with E-state index >= 15 is 0 Å². The molecule has 3 nitrogen and oxygen atoms in total. The molecule has 0 atom stereocenters. The molecule has 2 aromatic carbocycles. The van der Waals surface area contributed by atoms with Crippen LogP contribution in [0.25, 0.3) is 0 Å². The van der Waals surface area contributed by atoms with Gasteiger partial charge in [-0.05, 0) is 43.2 Å². The van der Waals surface area contributed by atoms with Crippen LogP contribution < -0.4 is 5.73 Å². The second kappa shape index (κ2) is 5.36. The molecule has 0 aliphatic heterocycles. The molecule has 0 aliphatic carbocycles. The molecule has 0 spiro atoms. The van der Waals surface area contributed by atoms with E-state index in [4.69, 9.17) is 10.8 Å². The molecule has 0 amide bonds. The monoisotopic (exact) mass is 273 g/mol. The Morgan fingerprint density at radius 2 is 1.89 bits per heavy atom. The molecule has 0 saturated heterocycles. The molecule has 0 radical (unpaired) electrons. The molecule has 0 aliphatic rings. The number of anilines is 1. The fraction of sp³-hybridized carbons (Fsp3) is 0.133. The Balaban J connectivity index is 2.41. The van der Waals surface area contributed by atoms with Crippen LogP contribution in [0.4, 0.5) is 5.69 Å². The smallest absolute Gasteiger partial charge is 0.337 e. The zero-order valence-corrected chi connectivity index (χ0v) is 11.6. The summed E-state index contributed by atoms with van der Waals surface area (Å²) in [5.74, 6) is -0.999. The van der Waals surface area contributed by atoms with Crippen molar-refractivity contribution in [3.63, 3.8) is 0 Å². The van der Waals surface area contributed by atoms with Crippen LogP contribution in [0.3, 0.4) is 0 Å². The van der Waals surface area contributed by atoms with Crippen molar-refractivity contribution in [2.24, 2.45) is 0 Å². The molecular formula is C15H15NO2S.